The van der Waals surface area contributed by atoms with Crippen LogP contribution in [0, 0.1) is 22.7 Å². The lowest BCUT2D eigenvalue weighted by Crippen LogP contribution is -2.13. The second kappa shape index (κ2) is 13.3. The van der Waals surface area contributed by atoms with Crippen molar-refractivity contribution in [3.63, 3.8) is 0 Å². The van der Waals surface area contributed by atoms with Crippen LogP contribution in [0.1, 0.15) is 61.8 Å². The van der Waals surface area contributed by atoms with E-state index in [1.165, 1.54) is 43.4 Å². The molecule has 8 aromatic rings. The molecule has 0 aromatic heterocycles. The quantitative estimate of drug-likeness (QED) is 0.151. The van der Waals surface area contributed by atoms with E-state index in [4.69, 9.17) is 0 Å². The lowest BCUT2D eigenvalue weighted by molar-refractivity contribution is 0.875. The Morgan fingerprint density at radius 3 is 1.06 bits per heavy atom. The predicted molar refractivity (Wildman–Crippen MR) is 217 cm³/mol. The molecule has 52 heavy (non-hydrogen) atoms. The van der Waals surface area contributed by atoms with Gasteiger partial charge in [0.1, 0.15) is 0 Å². The van der Waals surface area contributed by atoms with E-state index in [2.05, 4.69) is 135 Å². The molecule has 0 radical (unpaired) electrons. The molecule has 8 rings (SSSR count). The molecule has 0 atom stereocenters. The minimum absolute atomic E-state index is 0.269. The van der Waals surface area contributed by atoms with Crippen LogP contribution in [0.5, 0.6) is 0 Å². The number of nitrogens with zero attached hydrogens (tertiary/aromatic N) is 4. The molecule has 0 unspecified atom stereocenters. The number of para-hydroxylation sites is 2. The summed E-state index contributed by atoms with van der Waals surface area (Å²) in [5, 5.41) is 26.6. The minimum atomic E-state index is 0.269. The molecule has 0 aliphatic rings. The third-order valence-electron chi connectivity index (χ3n) is 10.2. The summed E-state index contributed by atoms with van der Waals surface area (Å²) in [6.07, 6.45) is 0. The van der Waals surface area contributed by atoms with Crippen molar-refractivity contribution >= 4 is 66.4 Å². The van der Waals surface area contributed by atoms with E-state index in [-0.39, 0.29) is 11.8 Å². The molecular weight excluding hydrogens is 633 g/mol. The van der Waals surface area contributed by atoms with Crippen molar-refractivity contribution in [3.05, 3.63) is 168 Å². The van der Waals surface area contributed by atoms with Crippen LogP contribution in [-0.4, -0.2) is 0 Å². The van der Waals surface area contributed by atoms with E-state index in [0.29, 0.717) is 11.1 Å². The lowest BCUT2D eigenvalue weighted by atomic mass is 9.84. The van der Waals surface area contributed by atoms with E-state index in [0.717, 1.165) is 34.1 Å². The zero-order valence-corrected chi connectivity index (χ0v) is 29.8. The van der Waals surface area contributed by atoms with Crippen molar-refractivity contribution in [3.8, 4) is 12.1 Å². The Bertz CT molecular complexity index is 2440. The summed E-state index contributed by atoms with van der Waals surface area (Å²) in [7, 11) is 0. The van der Waals surface area contributed by atoms with Crippen molar-refractivity contribution in [2.24, 2.45) is 0 Å². The smallest absolute Gasteiger partial charge is 0.0991 e. The zero-order valence-electron chi connectivity index (χ0n) is 29.8. The Morgan fingerprint density at radius 1 is 0.404 bits per heavy atom. The topological polar surface area (TPSA) is 54.1 Å². The van der Waals surface area contributed by atoms with Crippen molar-refractivity contribution in [1.82, 2.24) is 0 Å². The van der Waals surface area contributed by atoms with Gasteiger partial charge in [-0.3, -0.25) is 0 Å². The van der Waals surface area contributed by atoms with Gasteiger partial charge < -0.3 is 9.80 Å². The van der Waals surface area contributed by atoms with Gasteiger partial charge >= 0.3 is 0 Å². The number of hydrogen-bond acceptors (Lipinski definition) is 4. The first kappa shape index (κ1) is 32.6. The highest BCUT2D eigenvalue weighted by Gasteiger charge is 2.25. The van der Waals surface area contributed by atoms with E-state index in [1.807, 2.05) is 60.7 Å². The molecule has 0 bridgehead atoms. The fourth-order valence-electron chi connectivity index (χ4n) is 7.71. The molecule has 4 nitrogen and oxygen atoms in total. The molecule has 0 fully saturated rings. The zero-order chi connectivity index (χ0) is 35.9. The van der Waals surface area contributed by atoms with E-state index < -0.39 is 0 Å². The molecule has 250 valence electrons. The van der Waals surface area contributed by atoms with Crippen LogP contribution < -0.4 is 9.80 Å². The molecule has 0 amide bonds. The third-order valence-corrected chi connectivity index (χ3v) is 10.2. The monoisotopic (exact) mass is 670 g/mol. The largest absolute Gasteiger partial charge is 0.310 e. The Labute approximate surface area is 305 Å². The minimum Gasteiger partial charge on any atom is -0.310 e. The van der Waals surface area contributed by atoms with E-state index >= 15 is 0 Å². The maximum Gasteiger partial charge on any atom is 0.0991 e. The van der Waals surface area contributed by atoms with Crippen LogP contribution in [0.3, 0.4) is 0 Å². The number of hydrogen-bond donors (Lipinski definition) is 0. The van der Waals surface area contributed by atoms with E-state index in [9.17, 15) is 10.5 Å². The van der Waals surface area contributed by atoms with Gasteiger partial charge in [-0.05, 0) is 129 Å². The number of benzene rings is 8. The summed E-state index contributed by atoms with van der Waals surface area (Å²) in [4.78, 5) is 4.66. The molecule has 0 saturated carbocycles. The van der Waals surface area contributed by atoms with Crippen LogP contribution in [0.2, 0.25) is 0 Å². The summed E-state index contributed by atoms with van der Waals surface area (Å²) in [6.45, 7) is 9.10. The van der Waals surface area contributed by atoms with Gasteiger partial charge in [-0.25, -0.2) is 0 Å². The van der Waals surface area contributed by atoms with Crippen LogP contribution in [0.4, 0.5) is 34.1 Å². The predicted octanol–water partition coefficient (Wildman–Crippen LogP) is 13.5. The Kier molecular flexibility index (Phi) is 8.30. The summed E-state index contributed by atoms with van der Waals surface area (Å²) >= 11 is 0. The van der Waals surface area contributed by atoms with Gasteiger partial charge in [0, 0.05) is 33.5 Å². The van der Waals surface area contributed by atoms with Crippen LogP contribution >= 0.6 is 0 Å². The van der Waals surface area contributed by atoms with E-state index in [1.54, 1.807) is 0 Å². The molecule has 0 saturated heterocycles. The summed E-state index contributed by atoms with van der Waals surface area (Å²) < 4.78 is 0. The average Bonchev–Trinajstić information content (AvgIpc) is 3.18. The van der Waals surface area contributed by atoms with Gasteiger partial charge in [0.05, 0.1) is 34.6 Å². The molecular formula is C48H38N4. The Morgan fingerprint density at radius 2 is 0.731 bits per heavy atom. The maximum atomic E-state index is 9.61. The average molecular weight is 671 g/mol. The van der Waals surface area contributed by atoms with Gasteiger partial charge in [-0.1, -0.05) is 88.4 Å². The summed E-state index contributed by atoms with van der Waals surface area (Å²) in [5.41, 5.74) is 10.1. The second-order valence-electron chi connectivity index (χ2n) is 14.0. The van der Waals surface area contributed by atoms with Crippen molar-refractivity contribution < 1.29 is 0 Å². The molecule has 4 heteroatoms. The van der Waals surface area contributed by atoms with Gasteiger partial charge in [0.15, 0.2) is 0 Å². The molecule has 0 aliphatic carbocycles. The molecule has 0 spiro atoms. The highest BCUT2D eigenvalue weighted by molar-refractivity contribution is 6.29. The molecule has 0 N–H and O–H groups in total. The van der Waals surface area contributed by atoms with Crippen LogP contribution in [0.25, 0.3) is 32.3 Å². The molecule has 0 aliphatic heterocycles. The fourth-order valence-corrected chi connectivity index (χ4v) is 7.71. The van der Waals surface area contributed by atoms with Gasteiger partial charge in [0.2, 0.25) is 0 Å². The van der Waals surface area contributed by atoms with Crippen LogP contribution in [0.15, 0.2) is 146 Å². The highest BCUT2D eigenvalue weighted by Crippen LogP contribution is 2.50. The lowest BCUT2D eigenvalue weighted by Gasteiger charge is -2.31. The standard InChI is InChI=1S/C48H38N4/c1-31(2)43-27-45(51(35-11-7-5-8-12-35)37-19-15-33(29-49)16-20-37)41-26-24-40-44(32(3)4)28-46(42-25-23-39(43)47(41)48(40)42)52(36-13-9-6-10-14-36)38-21-17-34(30-50)18-22-38/h5-28,31-32H,1-4H3. The first-order chi connectivity index (χ1) is 25.4. The Hall–Kier alpha value is -6.62. The summed E-state index contributed by atoms with van der Waals surface area (Å²) in [5.74, 6) is 0.538. The van der Waals surface area contributed by atoms with Gasteiger partial charge in [-0.15, -0.1) is 0 Å². The van der Waals surface area contributed by atoms with Gasteiger partial charge in [-0.2, -0.15) is 10.5 Å². The first-order valence-electron chi connectivity index (χ1n) is 17.9. The molecule has 8 aromatic carbocycles. The maximum absolute atomic E-state index is 9.61. The number of rotatable bonds is 8. The third kappa shape index (κ3) is 5.47. The second-order valence-corrected chi connectivity index (χ2v) is 14.0. The fraction of sp³-hybridized carbons (Fsp3) is 0.125. The van der Waals surface area contributed by atoms with Crippen LogP contribution in [-0.2, 0) is 0 Å². The SMILES string of the molecule is CC(C)c1cc(N(c2ccccc2)c2ccc(C#N)cc2)c2ccc3c(C(C)C)cc(N(c4ccccc4)c4ccc(C#N)cc4)c4ccc1c2c34. The highest BCUT2D eigenvalue weighted by atomic mass is 15.1. The normalized spacial score (nSPS) is 11.4. The number of anilines is 6. The van der Waals surface area contributed by atoms with Crippen molar-refractivity contribution in [2.75, 3.05) is 9.80 Å². The first-order valence-corrected chi connectivity index (χ1v) is 17.9. The van der Waals surface area contributed by atoms with Gasteiger partial charge in [0.25, 0.3) is 0 Å². The van der Waals surface area contributed by atoms with Crippen molar-refractivity contribution in [1.29, 1.82) is 10.5 Å². The molecule has 0 heterocycles. The number of nitriles is 2. The Balaban J connectivity index is 1.50. The van der Waals surface area contributed by atoms with Crippen molar-refractivity contribution in [2.45, 2.75) is 39.5 Å². The summed E-state index contributed by atoms with van der Waals surface area (Å²) in [6, 6.07) is 55.3.